The Morgan fingerprint density at radius 3 is 2.33 bits per heavy atom. The smallest absolute Gasteiger partial charge is 0.244 e. The Labute approximate surface area is 213 Å². The van der Waals surface area contributed by atoms with Crippen molar-refractivity contribution < 1.29 is 27.5 Å². The van der Waals surface area contributed by atoms with Gasteiger partial charge in [-0.1, -0.05) is 36.8 Å². The van der Waals surface area contributed by atoms with Crippen molar-refractivity contribution in [2.45, 2.75) is 46.7 Å². The van der Waals surface area contributed by atoms with E-state index in [2.05, 4.69) is 5.32 Å². The number of carbonyl (C=O) groups is 2. The van der Waals surface area contributed by atoms with Crippen molar-refractivity contribution in [1.82, 2.24) is 10.2 Å². The summed E-state index contributed by atoms with van der Waals surface area (Å²) < 4.78 is 38.4. The fraction of sp³-hybridized carbons (Fsp3) is 0.462. The van der Waals surface area contributed by atoms with Crippen LogP contribution in [-0.4, -0.2) is 63.2 Å². The molecule has 0 spiro atoms. The van der Waals surface area contributed by atoms with Gasteiger partial charge in [0.25, 0.3) is 0 Å². The lowest BCUT2D eigenvalue weighted by molar-refractivity contribution is -0.139. The SMILES string of the molecule is CCCNC(=O)[C@H](C)N(Cc1ccc(C)cc1)C(=O)CN(c1ccc2c(c1)OCCO2)S(=O)(=O)CC. The fourth-order valence-corrected chi connectivity index (χ4v) is 4.83. The second kappa shape index (κ2) is 12.1. The van der Waals surface area contributed by atoms with Crippen molar-refractivity contribution in [1.29, 1.82) is 0 Å². The number of hydrogen-bond acceptors (Lipinski definition) is 6. The van der Waals surface area contributed by atoms with Gasteiger partial charge in [-0.25, -0.2) is 8.42 Å². The Morgan fingerprint density at radius 1 is 1.03 bits per heavy atom. The van der Waals surface area contributed by atoms with E-state index >= 15 is 0 Å². The molecule has 0 unspecified atom stereocenters. The van der Waals surface area contributed by atoms with Gasteiger partial charge in [0, 0.05) is 19.2 Å². The van der Waals surface area contributed by atoms with Crippen LogP contribution in [-0.2, 0) is 26.2 Å². The number of carbonyl (C=O) groups excluding carboxylic acids is 2. The summed E-state index contributed by atoms with van der Waals surface area (Å²) >= 11 is 0. The molecule has 0 bridgehead atoms. The molecule has 10 heteroatoms. The molecule has 1 heterocycles. The molecule has 0 aromatic heterocycles. The van der Waals surface area contributed by atoms with Crippen molar-refractivity contribution in [2.24, 2.45) is 0 Å². The number of anilines is 1. The van der Waals surface area contributed by atoms with E-state index in [1.807, 2.05) is 38.1 Å². The van der Waals surface area contributed by atoms with Crippen LogP contribution in [0.15, 0.2) is 42.5 Å². The Morgan fingerprint density at radius 2 is 1.69 bits per heavy atom. The molecule has 2 amide bonds. The van der Waals surface area contributed by atoms with Crippen molar-refractivity contribution in [2.75, 3.05) is 36.4 Å². The summed E-state index contributed by atoms with van der Waals surface area (Å²) in [5, 5.41) is 2.83. The summed E-state index contributed by atoms with van der Waals surface area (Å²) in [6.07, 6.45) is 0.761. The van der Waals surface area contributed by atoms with Gasteiger partial charge < -0.3 is 19.7 Å². The van der Waals surface area contributed by atoms with Crippen LogP contribution in [0.1, 0.15) is 38.3 Å². The second-order valence-electron chi connectivity index (χ2n) is 8.71. The van der Waals surface area contributed by atoms with Gasteiger partial charge in [0.2, 0.25) is 21.8 Å². The molecule has 1 N–H and O–H groups in total. The molecule has 36 heavy (non-hydrogen) atoms. The standard InChI is InChI=1S/C26H35N3O6S/c1-5-13-27-26(31)20(4)28(17-21-9-7-19(3)8-10-21)25(30)18-29(36(32,33)6-2)22-11-12-23-24(16-22)35-15-14-34-23/h7-12,16,20H,5-6,13-15,17-18H2,1-4H3,(H,27,31)/t20-/m0/s1. The summed E-state index contributed by atoms with van der Waals surface area (Å²) in [4.78, 5) is 27.9. The van der Waals surface area contributed by atoms with Gasteiger partial charge >= 0.3 is 0 Å². The summed E-state index contributed by atoms with van der Waals surface area (Å²) in [6, 6.07) is 11.7. The molecule has 196 valence electrons. The number of sulfonamides is 1. The van der Waals surface area contributed by atoms with Crippen LogP contribution in [0.2, 0.25) is 0 Å². The number of rotatable bonds is 11. The number of aryl methyl sites for hydroxylation is 1. The molecule has 0 aliphatic carbocycles. The normalized spacial score (nSPS) is 13.6. The number of nitrogens with one attached hydrogen (secondary N) is 1. The molecule has 0 radical (unpaired) electrons. The van der Waals surface area contributed by atoms with E-state index in [1.54, 1.807) is 25.1 Å². The number of hydrogen-bond donors (Lipinski definition) is 1. The quantitative estimate of drug-likeness (QED) is 0.492. The molecule has 1 atom stereocenters. The average molecular weight is 518 g/mol. The molecule has 3 rings (SSSR count). The van der Waals surface area contributed by atoms with E-state index in [9.17, 15) is 18.0 Å². The summed E-state index contributed by atoms with van der Waals surface area (Å²) in [5.74, 6) is -0.0268. The molecule has 0 saturated carbocycles. The molecule has 1 aliphatic rings. The van der Waals surface area contributed by atoms with E-state index in [4.69, 9.17) is 9.47 Å². The third-order valence-electron chi connectivity index (χ3n) is 5.98. The number of benzene rings is 2. The highest BCUT2D eigenvalue weighted by Crippen LogP contribution is 2.35. The van der Waals surface area contributed by atoms with Crippen LogP contribution < -0.4 is 19.1 Å². The van der Waals surface area contributed by atoms with E-state index in [1.165, 1.54) is 11.8 Å². The summed E-state index contributed by atoms with van der Waals surface area (Å²) in [7, 11) is -3.82. The minimum atomic E-state index is -3.82. The highest BCUT2D eigenvalue weighted by molar-refractivity contribution is 7.92. The van der Waals surface area contributed by atoms with Gasteiger partial charge in [0.1, 0.15) is 25.8 Å². The maximum atomic E-state index is 13.7. The zero-order valence-electron chi connectivity index (χ0n) is 21.3. The Kier molecular flexibility index (Phi) is 9.19. The highest BCUT2D eigenvalue weighted by Gasteiger charge is 2.31. The molecular weight excluding hydrogens is 482 g/mol. The minimum Gasteiger partial charge on any atom is -0.486 e. The second-order valence-corrected chi connectivity index (χ2v) is 10.9. The zero-order valence-corrected chi connectivity index (χ0v) is 22.1. The molecule has 2 aromatic carbocycles. The van der Waals surface area contributed by atoms with E-state index < -0.39 is 28.5 Å². The molecule has 1 aliphatic heterocycles. The maximum Gasteiger partial charge on any atom is 0.244 e. The largest absolute Gasteiger partial charge is 0.486 e. The summed E-state index contributed by atoms with van der Waals surface area (Å²) in [5.41, 5.74) is 2.21. The van der Waals surface area contributed by atoms with Gasteiger partial charge in [-0.05, 0) is 44.9 Å². The predicted molar refractivity (Wildman–Crippen MR) is 139 cm³/mol. The highest BCUT2D eigenvalue weighted by atomic mass is 32.2. The topological polar surface area (TPSA) is 105 Å². The van der Waals surface area contributed by atoms with Crippen molar-refractivity contribution in [3.05, 3.63) is 53.6 Å². The van der Waals surface area contributed by atoms with Crippen LogP contribution >= 0.6 is 0 Å². The molecule has 0 fully saturated rings. The van der Waals surface area contributed by atoms with Crippen LogP contribution in [0.3, 0.4) is 0 Å². The van der Waals surface area contributed by atoms with Crippen molar-refractivity contribution >= 4 is 27.5 Å². The molecule has 9 nitrogen and oxygen atoms in total. The Balaban J connectivity index is 1.93. The van der Waals surface area contributed by atoms with Gasteiger partial charge in [-0.3, -0.25) is 13.9 Å². The van der Waals surface area contributed by atoms with Crippen LogP contribution in [0.4, 0.5) is 5.69 Å². The third-order valence-corrected chi connectivity index (χ3v) is 7.72. The first-order valence-corrected chi connectivity index (χ1v) is 13.8. The maximum absolute atomic E-state index is 13.7. The number of amides is 2. The van der Waals surface area contributed by atoms with E-state index in [-0.39, 0.29) is 18.2 Å². The third kappa shape index (κ3) is 6.69. The van der Waals surface area contributed by atoms with Crippen LogP contribution in [0, 0.1) is 6.92 Å². The van der Waals surface area contributed by atoms with Crippen LogP contribution in [0.25, 0.3) is 0 Å². The fourth-order valence-electron chi connectivity index (χ4n) is 3.78. The Hall–Kier alpha value is -3.27. The van der Waals surface area contributed by atoms with Gasteiger partial charge in [0.15, 0.2) is 11.5 Å². The van der Waals surface area contributed by atoms with Gasteiger partial charge in [0.05, 0.1) is 11.4 Å². The number of fused-ring (bicyclic) bond motifs is 1. The first-order valence-electron chi connectivity index (χ1n) is 12.2. The van der Waals surface area contributed by atoms with E-state index in [0.29, 0.717) is 36.9 Å². The summed E-state index contributed by atoms with van der Waals surface area (Å²) in [6.45, 7) is 8.06. The van der Waals surface area contributed by atoms with Crippen LogP contribution in [0.5, 0.6) is 11.5 Å². The van der Waals surface area contributed by atoms with Gasteiger partial charge in [-0.15, -0.1) is 0 Å². The monoisotopic (exact) mass is 517 g/mol. The average Bonchev–Trinajstić information content (AvgIpc) is 2.89. The van der Waals surface area contributed by atoms with Crippen molar-refractivity contribution in [3.63, 3.8) is 0 Å². The van der Waals surface area contributed by atoms with Gasteiger partial charge in [-0.2, -0.15) is 0 Å². The lowest BCUT2D eigenvalue weighted by Gasteiger charge is -2.32. The first-order chi connectivity index (χ1) is 17.2. The molecular formula is C26H35N3O6S. The lowest BCUT2D eigenvalue weighted by Crippen LogP contribution is -2.51. The molecule has 0 saturated heterocycles. The predicted octanol–water partition coefficient (Wildman–Crippen LogP) is 2.87. The first kappa shape index (κ1) is 27.3. The zero-order chi connectivity index (χ0) is 26.3. The van der Waals surface area contributed by atoms with E-state index in [0.717, 1.165) is 21.9 Å². The lowest BCUT2D eigenvalue weighted by atomic mass is 10.1. The Bertz CT molecular complexity index is 1170. The number of nitrogens with zero attached hydrogens (tertiary/aromatic N) is 2. The minimum absolute atomic E-state index is 0.168. The number of ether oxygens (including phenoxy) is 2. The van der Waals surface area contributed by atoms with Crippen molar-refractivity contribution in [3.8, 4) is 11.5 Å². The molecule has 2 aromatic rings.